The molecule has 1 saturated heterocycles. The molecule has 0 bridgehead atoms. The summed E-state index contributed by atoms with van der Waals surface area (Å²) in [4.78, 5) is 2.14. The van der Waals surface area contributed by atoms with Crippen molar-refractivity contribution in [2.45, 2.75) is 32.0 Å². The fourth-order valence-electron chi connectivity index (χ4n) is 1.82. The van der Waals surface area contributed by atoms with Crippen LogP contribution in [-0.2, 0) is 0 Å². The van der Waals surface area contributed by atoms with Crippen molar-refractivity contribution in [3.05, 3.63) is 0 Å². The third-order valence-electron chi connectivity index (χ3n) is 2.52. The van der Waals surface area contributed by atoms with Crippen molar-refractivity contribution in [2.24, 2.45) is 0 Å². The van der Waals surface area contributed by atoms with Crippen LogP contribution in [0.15, 0.2) is 0 Å². The SMILES string of the molecule is CCCN(C)C1CCNCC1F. The summed E-state index contributed by atoms with van der Waals surface area (Å²) in [7, 11) is 2.02. The molecule has 0 aliphatic carbocycles. The fourth-order valence-corrected chi connectivity index (χ4v) is 1.82. The summed E-state index contributed by atoms with van der Waals surface area (Å²) in [6, 6.07) is 0.145. The van der Waals surface area contributed by atoms with E-state index in [1.54, 1.807) is 0 Å². The number of piperidine rings is 1. The number of nitrogens with zero attached hydrogens (tertiary/aromatic N) is 1. The van der Waals surface area contributed by atoms with E-state index in [1.807, 2.05) is 7.05 Å². The van der Waals surface area contributed by atoms with Crippen LogP contribution in [0.25, 0.3) is 0 Å². The zero-order chi connectivity index (χ0) is 8.97. The molecule has 3 heteroatoms. The molecule has 0 radical (unpaired) electrons. The molecule has 2 unspecified atom stereocenters. The van der Waals surface area contributed by atoms with Crippen LogP contribution < -0.4 is 5.32 Å². The van der Waals surface area contributed by atoms with Crippen molar-refractivity contribution in [3.8, 4) is 0 Å². The molecule has 72 valence electrons. The highest BCUT2D eigenvalue weighted by atomic mass is 19.1. The van der Waals surface area contributed by atoms with Crippen molar-refractivity contribution in [1.82, 2.24) is 10.2 Å². The molecule has 12 heavy (non-hydrogen) atoms. The first-order chi connectivity index (χ1) is 5.75. The highest BCUT2D eigenvalue weighted by Gasteiger charge is 2.27. The second kappa shape index (κ2) is 4.77. The monoisotopic (exact) mass is 174 g/mol. The number of alkyl halides is 1. The van der Waals surface area contributed by atoms with Gasteiger partial charge in [0.15, 0.2) is 0 Å². The third kappa shape index (κ3) is 2.42. The molecule has 1 N–H and O–H groups in total. The summed E-state index contributed by atoms with van der Waals surface area (Å²) in [5.41, 5.74) is 0. The highest BCUT2D eigenvalue weighted by Crippen LogP contribution is 2.13. The Morgan fingerprint density at radius 1 is 1.58 bits per heavy atom. The first-order valence-corrected chi connectivity index (χ1v) is 4.80. The second-order valence-corrected chi connectivity index (χ2v) is 3.56. The minimum Gasteiger partial charge on any atom is -0.314 e. The molecule has 0 aromatic carbocycles. The van der Waals surface area contributed by atoms with Crippen LogP contribution in [-0.4, -0.2) is 43.8 Å². The van der Waals surface area contributed by atoms with E-state index in [-0.39, 0.29) is 6.04 Å². The maximum Gasteiger partial charge on any atom is 0.128 e. The predicted molar refractivity (Wildman–Crippen MR) is 49.1 cm³/mol. The molecule has 2 atom stereocenters. The maximum absolute atomic E-state index is 13.3. The number of rotatable bonds is 3. The zero-order valence-electron chi connectivity index (χ0n) is 8.02. The summed E-state index contributed by atoms with van der Waals surface area (Å²) in [6.07, 6.45) is 1.36. The summed E-state index contributed by atoms with van der Waals surface area (Å²) >= 11 is 0. The molecule has 0 amide bonds. The van der Waals surface area contributed by atoms with E-state index in [4.69, 9.17) is 0 Å². The van der Waals surface area contributed by atoms with Crippen molar-refractivity contribution in [1.29, 1.82) is 0 Å². The van der Waals surface area contributed by atoms with Crippen LogP contribution in [0, 0.1) is 0 Å². The summed E-state index contributed by atoms with van der Waals surface area (Å²) in [5.74, 6) is 0. The number of halogens is 1. The van der Waals surface area contributed by atoms with E-state index < -0.39 is 6.17 Å². The minimum absolute atomic E-state index is 0.145. The number of nitrogens with one attached hydrogen (secondary N) is 1. The largest absolute Gasteiger partial charge is 0.314 e. The molecule has 1 aliphatic heterocycles. The van der Waals surface area contributed by atoms with Crippen LogP contribution in [0.2, 0.25) is 0 Å². The van der Waals surface area contributed by atoms with E-state index in [1.165, 1.54) is 0 Å². The molecule has 0 saturated carbocycles. The van der Waals surface area contributed by atoms with Crippen LogP contribution in [0.4, 0.5) is 4.39 Å². The van der Waals surface area contributed by atoms with Gasteiger partial charge in [0.2, 0.25) is 0 Å². The standard InChI is InChI=1S/C9H19FN2/c1-3-6-12(2)9-4-5-11-7-8(9)10/h8-9,11H,3-7H2,1-2H3. The van der Waals surface area contributed by atoms with Crippen molar-refractivity contribution in [3.63, 3.8) is 0 Å². The molecule has 1 heterocycles. The van der Waals surface area contributed by atoms with Gasteiger partial charge in [-0.15, -0.1) is 0 Å². The lowest BCUT2D eigenvalue weighted by Gasteiger charge is -2.34. The zero-order valence-corrected chi connectivity index (χ0v) is 8.02. The van der Waals surface area contributed by atoms with E-state index in [0.717, 1.165) is 25.9 Å². The molecule has 1 rings (SSSR count). The molecule has 0 spiro atoms. The molecule has 2 nitrogen and oxygen atoms in total. The molecular weight excluding hydrogens is 155 g/mol. The first kappa shape index (κ1) is 9.93. The smallest absolute Gasteiger partial charge is 0.128 e. The van der Waals surface area contributed by atoms with Gasteiger partial charge in [-0.3, -0.25) is 0 Å². The Morgan fingerprint density at radius 2 is 2.33 bits per heavy atom. The summed E-state index contributed by atoms with van der Waals surface area (Å²) < 4.78 is 13.3. The van der Waals surface area contributed by atoms with Gasteiger partial charge in [-0.1, -0.05) is 6.92 Å². The van der Waals surface area contributed by atoms with Gasteiger partial charge in [0.1, 0.15) is 6.17 Å². The predicted octanol–water partition coefficient (Wildman–Crippen LogP) is 1.03. The van der Waals surface area contributed by atoms with E-state index in [9.17, 15) is 4.39 Å². The fraction of sp³-hybridized carbons (Fsp3) is 1.00. The van der Waals surface area contributed by atoms with Crippen LogP contribution >= 0.6 is 0 Å². The quantitative estimate of drug-likeness (QED) is 0.687. The molecule has 1 aliphatic rings. The van der Waals surface area contributed by atoms with Gasteiger partial charge in [-0.05, 0) is 33.0 Å². The third-order valence-corrected chi connectivity index (χ3v) is 2.52. The Hall–Kier alpha value is -0.150. The van der Waals surface area contributed by atoms with E-state index in [2.05, 4.69) is 17.1 Å². The molecular formula is C9H19FN2. The van der Waals surface area contributed by atoms with E-state index >= 15 is 0 Å². The number of hydrogen-bond acceptors (Lipinski definition) is 2. The Morgan fingerprint density at radius 3 is 2.92 bits per heavy atom. The Kier molecular flexibility index (Phi) is 3.95. The van der Waals surface area contributed by atoms with Gasteiger partial charge in [-0.25, -0.2) is 4.39 Å². The first-order valence-electron chi connectivity index (χ1n) is 4.80. The van der Waals surface area contributed by atoms with Gasteiger partial charge < -0.3 is 10.2 Å². The maximum atomic E-state index is 13.3. The van der Waals surface area contributed by atoms with Crippen molar-refractivity contribution >= 4 is 0 Å². The topological polar surface area (TPSA) is 15.3 Å². The lowest BCUT2D eigenvalue weighted by atomic mass is 10.0. The Bertz CT molecular complexity index is 130. The van der Waals surface area contributed by atoms with Crippen LogP contribution in [0.1, 0.15) is 19.8 Å². The van der Waals surface area contributed by atoms with Gasteiger partial charge >= 0.3 is 0 Å². The van der Waals surface area contributed by atoms with Gasteiger partial charge in [0, 0.05) is 12.6 Å². The van der Waals surface area contributed by atoms with Crippen molar-refractivity contribution < 1.29 is 4.39 Å². The summed E-state index contributed by atoms with van der Waals surface area (Å²) in [6.45, 7) is 4.62. The average Bonchev–Trinajstić information content (AvgIpc) is 2.05. The van der Waals surface area contributed by atoms with Gasteiger partial charge in [0.25, 0.3) is 0 Å². The van der Waals surface area contributed by atoms with Crippen LogP contribution in [0.3, 0.4) is 0 Å². The minimum atomic E-state index is -0.685. The number of hydrogen-bond donors (Lipinski definition) is 1. The van der Waals surface area contributed by atoms with E-state index in [0.29, 0.717) is 6.54 Å². The summed E-state index contributed by atoms with van der Waals surface area (Å²) in [5, 5.41) is 3.06. The molecule has 0 aromatic heterocycles. The van der Waals surface area contributed by atoms with Gasteiger partial charge in [0.05, 0.1) is 0 Å². The molecule has 0 aromatic rings. The average molecular weight is 174 g/mol. The second-order valence-electron chi connectivity index (χ2n) is 3.56. The normalized spacial score (nSPS) is 31.0. The Labute approximate surface area is 74.1 Å². The highest BCUT2D eigenvalue weighted by molar-refractivity contribution is 4.83. The van der Waals surface area contributed by atoms with Crippen LogP contribution in [0.5, 0.6) is 0 Å². The van der Waals surface area contributed by atoms with Gasteiger partial charge in [-0.2, -0.15) is 0 Å². The van der Waals surface area contributed by atoms with Crippen molar-refractivity contribution in [2.75, 3.05) is 26.7 Å². The lowest BCUT2D eigenvalue weighted by molar-refractivity contribution is 0.106. The Balaban J connectivity index is 2.36. The lowest BCUT2D eigenvalue weighted by Crippen LogP contribution is -2.49. The molecule has 1 fully saturated rings.